The third-order valence-corrected chi connectivity index (χ3v) is 4.67. The summed E-state index contributed by atoms with van der Waals surface area (Å²) in [7, 11) is 0. The molecule has 0 aromatic carbocycles. The molecule has 19 heavy (non-hydrogen) atoms. The number of rotatable bonds is 4. The highest BCUT2D eigenvalue weighted by atomic mass is 32.2. The van der Waals surface area contributed by atoms with Crippen molar-refractivity contribution < 1.29 is 4.42 Å². The second-order valence-corrected chi connectivity index (χ2v) is 5.76. The predicted octanol–water partition coefficient (Wildman–Crippen LogP) is 3.52. The predicted molar refractivity (Wildman–Crippen MR) is 72.4 cm³/mol. The second-order valence-electron chi connectivity index (χ2n) is 4.77. The molecule has 0 aliphatic heterocycles. The zero-order chi connectivity index (χ0) is 13.1. The first-order chi connectivity index (χ1) is 9.31. The van der Waals surface area contributed by atoms with Crippen LogP contribution in [0.3, 0.4) is 0 Å². The molecule has 2 heterocycles. The molecule has 3 rings (SSSR count). The van der Waals surface area contributed by atoms with Crippen molar-refractivity contribution >= 4 is 11.8 Å². The molecule has 0 N–H and O–H groups in total. The number of aromatic nitrogens is 2. The Morgan fingerprint density at radius 1 is 1.32 bits per heavy atom. The van der Waals surface area contributed by atoms with Crippen LogP contribution in [0.4, 0.5) is 0 Å². The van der Waals surface area contributed by atoms with Crippen LogP contribution in [0.5, 0.6) is 0 Å². The van der Waals surface area contributed by atoms with Crippen LogP contribution in [-0.4, -0.2) is 16.0 Å². The van der Waals surface area contributed by atoms with Crippen molar-refractivity contribution in [1.29, 1.82) is 5.26 Å². The molecule has 0 atom stereocenters. The van der Waals surface area contributed by atoms with E-state index < -0.39 is 0 Å². The van der Waals surface area contributed by atoms with Crippen LogP contribution < -0.4 is 0 Å². The van der Waals surface area contributed by atoms with E-state index in [2.05, 4.69) is 16.3 Å². The molecule has 1 aliphatic carbocycles. The lowest BCUT2D eigenvalue weighted by Gasteiger charge is -2.34. The maximum absolute atomic E-state index is 9.17. The van der Waals surface area contributed by atoms with Crippen molar-refractivity contribution in [2.75, 3.05) is 5.75 Å². The lowest BCUT2D eigenvalue weighted by Crippen LogP contribution is -2.30. The smallest absolute Gasteiger partial charge is 0.154 e. The molecular formula is C14H13N3OS. The Balaban J connectivity index is 1.65. The van der Waals surface area contributed by atoms with Crippen LogP contribution in [0.1, 0.15) is 19.3 Å². The van der Waals surface area contributed by atoms with Crippen LogP contribution in [0, 0.1) is 16.7 Å². The number of furan rings is 1. The van der Waals surface area contributed by atoms with Gasteiger partial charge in [-0.15, -0.1) is 22.0 Å². The summed E-state index contributed by atoms with van der Waals surface area (Å²) in [5.41, 5.74) is 0.597. The summed E-state index contributed by atoms with van der Waals surface area (Å²) in [5, 5.41) is 18.3. The second kappa shape index (κ2) is 5.06. The van der Waals surface area contributed by atoms with Gasteiger partial charge in [0.15, 0.2) is 5.76 Å². The van der Waals surface area contributed by atoms with Crippen molar-refractivity contribution in [3.8, 4) is 17.5 Å². The highest BCUT2D eigenvalue weighted by Gasteiger charge is 2.37. The molecule has 2 aromatic heterocycles. The Morgan fingerprint density at radius 2 is 2.21 bits per heavy atom. The molecule has 5 heteroatoms. The monoisotopic (exact) mass is 271 g/mol. The highest BCUT2D eigenvalue weighted by molar-refractivity contribution is 7.99. The van der Waals surface area contributed by atoms with Gasteiger partial charge in [-0.2, -0.15) is 5.26 Å². The van der Waals surface area contributed by atoms with Crippen LogP contribution in [-0.2, 0) is 0 Å². The Hall–Kier alpha value is -1.80. The van der Waals surface area contributed by atoms with Crippen molar-refractivity contribution in [3.05, 3.63) is 30.5 Å². The van der Waals surface area contributed by atoms with Crippen LogP contribution >= 0.6 is 11.8 Å². The van der Waals surface area contributed by atoms with Crippen molar-refractivity contribution in [1.82, 2.24) is 10.2 Å². The maximum atomic E-state index is 9.17. The van der Waals surface area contributed by atoms with E-state index >= 15 is 0 Å². The summed E-state index contributed by atoms with van der Waals surface area (Å²) < 4.78 is 5.27. The molecule has 1 saturated carbocycles. The maximum Gasteiger partial charge on any atom is 0.154 e. The minimum absolute atomic E-state index is 0.133. The molecule has 2 aromatic rings. The zero-order valence-electron chi connectivity index (χ0n) is 10.4. The van der Waals surface area contributed by atoms with E-state index in [9.17, 15) is 5.26 Å². The first-order valence-electron chi connectivity index (χ1n) is 6.23. The molecule has 0 amide bonds. The van der Waals surface area contributed by atoms with Gasteiger partial charge in [-0.25, -0.2) is 0 Å². The van der Waals surface area contributed by atoms with E-state index in [-0.39, 0.29) is 5.41 Å². The molecule has 0 bridgehead atoms. The minimum atomic E-state index is -0.133. The molecule has 0 saturated heterocycles. The van der Waals surface area contributed by atoms with Crippen molar-refractivity contribution in [2.24, 2.45) is 5.41 Å². The third-order valence-electron chi connectivity index (χ3n) is 3.46. The fourth-order valence-electron chi connectivity index (χ4n) is 2.06. The highest BCUT2D eigenvalue weighted by Crippen LogP contribution is 2.43. The van der Waals surface area contributed by atoms with Gasteiger partial charge in [0.1, 0.15) is 10.7 Å². The average Bonchev–Trinajstić information content (AvgIpc) is 2.93. The molecule has 0 unspecified atom stereocenters. The van der Waals surface area contributed by atoms with Gasteiger partial charge in [-0.05, 0) is 37.1 Å². The fourth-order valence-corrected chi connectivity index (χ4v) is 3.10. The Morgan fingerprint density at radius 3 is 2.74 bits per heavy atom. The van der Waals surface area contributed by atoms with E-state index in [1.807, 2.05) is 24.3 Å². The van der Waals surface area contributed by atoms with Crippen LogP contribution in [0.2, 0.25) is 0 Å². The van der Waals surface area contributed by atoms with Gasteiger partial charge in [-0.1, -0.05) is 6.42 Å². The van der Waals surface area contributed by atoms with Gasteiger partial charge in [0, 0.05) is 5.75 Å². The molecule has 1 fully saturated rings. The summed E-state index contributed by atoms with van der Waals surface area (Å²) >= 11 is 1.61. The van der Waals surface area contributed by atoms with Crippen LogP contribution in [0.15, 0.2) is 40.0 Å². The SMILES string of the molecule is N#CC1(CSc2ccc(-c3ccco3)nn2)CCC1. The Kier molecular flexibility index (Phi) is 3.26. The fraction of sp³-hybridized carbons (Fsp3) is 0.357. The molecule has 0 radical (unpaired) electrons. The quantitative estimate of drug-likeness (QED) is 0.796. The van der Waals surface area contributed by atoms with E-state index in [4.69, 9.17) is 4.42 Å². The zero-order valence-corrected chi connectivity index (χ0v) is 11.2. The van der Waals surface area contributed by atoms with Gasteiger partial charge in [0.25, 0.3) is 0 Å². The molecular weight excluding hydrogens is 258 g/mol. The minimum Gasteiger partial charge on any atom is -0.463 e. The van der Waals surface area contributed by atoms with E-state index in [0.29, 0.717) is 0 Å². The van der Waals surface area contributed by atoms with Crippen molar-refractivity contribution in [2.45, 2.75) is 24.3 Å². The summed E-state index contributed by atoms with van der Waals surface area (Å²) in [4.78, 5) is 0. The number of thioether (sulfide) groups is 1. The topological polar surface area (TPSA) is 62.7 Å². The Labute approximate surface area is 115 Å². The lowest BCUT2D eigenvalue weighted by atomic mass is 9.72. The summed E-state index contributed by atoms with van der Waals surface area (Å²) in [6.45, 7) is 0. The Bertz CT molecular complexity index is 582. The summed E-state index contributed by atoms with van der Waals surface area (Å²) in [5.74, 6) is 1.52. The lowest BCUT2D eigenvalue weighted by molar-refractivity contribution is 0.252. The van der Waals surface area contributed by atoms with Gasteiger partial charge in [0.05, 0.1) is 17.7 Å². The van der Waals surface area contributed by atoms with E-state index in [1.54, 1.807) is 18.0 Å². The number of hydrogen-bond donors (Lipinski definition) is 0. The molecule has 0 spiro atoms. The average molecular weight is 271 g/mol. The van der Waals surface area contributed by atoms with E-state index in [0.717, 1.165) is 41.5 Å². The normalized spacial score (nSPS) is 16.6. The number of nitriles is 1. The van der Waals surface area contributed by atoms with Gasteiger partial charge < -0.3 is 4.42 Å². The van der Waals surface area contributed by atoms with E-state index in [1.165, 1.54) is 0 Å². The van der Waals surface area contributed by atoms with Gasteiger partial charge in [-0.3, -0.25) is 0 Å². The number of hydrogen-bond acceptors (Lipinski definition) is 5. The largest absolute Gasteiger partial charge is 0.463 e. The number of nitrogens with zero attached hydrogens (tertiary/aromatic N) is 3. The summed E-state index contributed by atoms with van der Waals surface area (Å²) in [6, 6.07) is 9.94. The first kappa shape index (κ1) is 12.2. The first-order valence-corrected chi connectivity index (χ1v) is 7.22. The third kappa shape index (κ3) is 2.49. The standard InChI is InChI=1S/C14H13N3OS/c15-9-14(6-2-7-14)10-19-13-5-4-11(16-17-13)12-3-1-8-18-12/h1,3-5,8H,2,6-7,10H2. The van der Waals surface area contributed by atoms with Crippen molar-refractivity contribution in [3.63, 3.8) is 0 Å². The van der Waals surface area contributed by atoms with Gasteiger partial charge in [0.2, 0.25) is 0 Å². The van der Waals surface area contributed by atoms with Crippen LogP contribution in [0.25, 0.3) is 11.5 Å². The van der Waals surface area contributed by atoms with Gasteiger partial charge >= 0.3 is 0 Å². The molecule has 1 aliphatic rings. The molecule has 4 nitrogen and oxygen atoms in total. The molecule has 96 valence electrons. The summed E-state index contributed by atoms with van der Waals surface area (Å²) in [6.07, 6.45) is 4.80.